The van der Waals surface area contributed by atoms with E-state index in [0.717, 1.165) is 26.2 Å². The van der Waals surface area contributed by atoms with Crippen LogP contribution in [0, 0.1) is 6.92 Å². The van der Waals surface area contributed by atoms with Crippen molar-refractivity contribution < 1.29 is 0 Å². The molecule has 2 nitrogen and oxygen atoms in total. The smallest absolute Gasteiger partial charge is 0.0472 e. The number of hydrogen-bond donors (Lipinski definition) is 1. The molecule has 1 aromatic heterocycles. The van der Waals surface area contributed by atoms with E-state index < -0.39 is 0 Å². The molecule has 0 aliphatic heterocycles. The molecular formula is C18H26N2S. The molecule has 0 amide bonds. The van der Waals surface area contributed by atoms with Gasteiger partial charge in [-0.2, -0.15) is 0 Å². The highest BCUT2D eigenvalue weighted by molar-refractivity contribution is 7.11. The predicted octanol–water partition coefficient (Wildman–Crippen LogP) is 4.23. The van der Waals surface area contributed by atoms with Crippen LogP contribution in [-0.4, -0.2) is 24.5 Å². The average molecular weight is 302 g/mol. The van der Waals surface area contributed by atoms with Gasteiger partial charge >= 0.3 is 0 Å². The average Bonchev–Trinajstić information content (AvgIpc) is 2.93. The van der Waals surface area contributed by atoms with Crippen LogP contribution in [-0.2, 0) is 6.54 Å². The van der Waals surface area contributed by atoms with E-state index in [1.54, 1.807) is 0 Å². The maximum Gasteiger partial charge on any atom is 0.0472 e. The number of benzene rings is 1. The largest absolute Gasteiger partial charge is 0.310 e. The van der Waals surface area contributed by atoms with Gasteiger partial charge in [0.25, 0.3) is 0 Å². The molecule has 1 unspecified atom stereocenters. The van der Waals surface area contributed by atoms with Gasteiger partial charge in [0.1, 0.15) is 0 Å². The van der Waals surface area contributed by atoms with Gasteiger partial charge in [0, 0.05) is 28.9 Å². The molecule has 1 atom stereocenters. The molecule has 0 bridgehead atoms. The molecule has 0 radical (unpaired) electrons. The molecule has 0 aliphatic rings. The Kier molecular flexibility index (Phi) is 6.43. The van der Waals surface area contributed by atoms with Crippen molar-refractivity contribution >= 4 is 11.3 Å². The van der Waals surface area contributed by atoms with Crippen LogP contribution in [0.3, 0.4) is 0 Å². The zero-order chi connectivity index (χ0) is 15.1. The standard InChI is InChI=1S/C18H26N2S/c1-4-20(5-2)18(16-9-7-6-8-10-16)14-19-13-17-12-11-15(3)21-17/h6-12,18-19H,4-5,13-14H2,1-3H3. The fraction of sp³-hybridized carbons (Fsp3) is 0.444. The quantitative estimate of drug-likeness (QED) is 0.785. The van der Waals surface area contributed by atoms with E-state index in [2.05, 4.69) is 73.5 Å². The molecule has 1 aromatic carbocycles. The van der Waals surface area contributed by atoms with Crippen LogP contribution in [0.1, 0.15) is 35.2 Å². The number of thiophene rings is 1. The van der Waals surface area contributed by atoms with Crippen LogP contribution in [0.15, 0.2) is 42.5 Å². The molecule has 0 saturated heterocycles. The van der Waals surface area contributed by atoms with Crippen molar-refractivity contribution in [2.45, 2.75) is 33.4 Å². The van der Waals surface area contributed by atoms with Crippen molar-refractivity contribution in [1.29, 1.82) is 0 Å². The zero-order valence-electron chi connectivity index (χ0n) is 13.3. The molecule has 21 heavy (non-hydrogen) atoms. The Bertz CT molecular complexity index is 517. The summed E-state index contributed by atoms with van der Waals surface area (Å²) in [6, 6.07) is 15.7. The Labute approximate surface area is 132 Å². The monoisotopic (exact) mass is 302 g/mol. The molecule has 114 valence electrons. The van der Waals surface area contributed by atoms with Gasteiger partial charge in [-0.3, -0.25) is 4.90 Å². The SMILES string of the molecule is CCN(CC)C(CNCc1ccc(C)s1)c1ccccc1. The summed E-state index contributed by atoms with van der Waals surface area (Å²) in [5.41, 5.74) is 1.40. The third-order valence-corrected chi connectivity index (χ3v) is 4.87. The number of aryl methyl sites for hydroxylation is 1. The van der Waals surface area contributed by atoms with E-state index in [1.165, 1.54) is 15.3 Å². The minimum atomic E-state index is 0.447. The summed E-state index contributed by atoms with van der Waals surface area (Å²) in [4.78, 5) is 5.32. The van der Waals surface area contributed by atoms with Crippen LogP contribution in [0.2, 0.25) is 0 Å². The number of nitrogens with one attached hydrogen (secondary N) is 1. The van der Waals surface area contributed by atoms with Gasteiger partial charge in [-0.25, -0.2) is 0 Å². The van der Waals surface area contributed by atoms with Crippen LogP contribution in [0.5, 0.6) is 0 Å². The summed E-state index contributed by atoms with van der Waals surface area (Å²) >= 11 is 1.88. The first-order valence-electron chi connectivity index (χ1n) is 7.79. The number of likely N-dealkylation sites (N-methyl/N-ethyl adjacent to an activating group) is 1. The highest BCUT2D eigenvalue weighted by atomic mass is 32.1. The third-order valence-electron chi connectivity index (χ3n) is 3.87. The van der Waals surface area contributed by atoms with E-state index in [0.29, 0.717) is 6.04 Å². The van der Waals surface area contributed by atoms with Crippen molar-refractivity contribution in [1.82, 2.24) is 10.2 Å². The summed E-state index contributed by atoms with van der Waals surface area (Å²) in [6.07, 6.45) is 0. The zero-order valence-corrected chi connectivity index (χ0v) is 14.1. The van der Waals surface area contributed by atoms with E-state index in [4.69, 9.17) is 0 Å². The summed E-state index contributed by atoms with van der Waals surface area (Å²) in [5, 5.41) is 3.63. The fourth-order valence-electron chi connectivity index (χ4n) is 2.71. The first kappa shape index (κ1) is 16.2. The maximum atomic E-state index is 3.63. The van der Waals surface area contributed by atoms with Crippen molar-refractivity contribution in [3.05, 3.63) is 57.8 Å². The molecular weight excluding hydrogens is 276 g/mol. The first-order valence-corrected chi connectivity index (χ1v) is 8.61. The Morgan fingerprint density at radius 2 is 1.76 bits per heavy atom. The predicted molar refractivity (Wildman–Crippen MR) is 92.9 cm³/mol. The van der Waals surface area contributed by atoms with Crippen LogP contribution >= 0.6 is 11.3 Å². The molecule has 0 aliphatic carbocycles. The van der Waals surface area contributed by atoms with E-state index in [-0.39, 0.29) is 0 Å². The van der Waals surface area contributed by atoms with Gasteiger partial charge in [0.15, 0.2) is 0 Å². The summed E-state index contributed by atoms with van der Waals surface area (Å²) < 4.78 is 0. The van der Waals surface area contributed by atoms with Crippen LogP contribution < -0.4 is 5.32 Å². The minimum Gasteiger partial charge on any atom is -0.310 e. The topological polar surface area (TPSA) is 15.3 Å². The highest BCUT2D eigenvalue weighted by Crippen LogP contribution is 2.20. The molecule has 1 N–H and O–H groups in total. The van der Waals surface area contributed by atoms with E-state index in [9.17, 15) is 0 Å². The molecule has 2 rings (SSSR count). The Morgan fingerprint density at radius 1 is 1.05 bits per heavy atom. The highest BCUT2D eigenvalue weighted by Gasteiger charge is 2.17. The lowest BCUT2D eigenvalue weighted by molar-refractivity contribution is 0.213. The molecule has 2 aromatic rings. The van der Waals surface area contributed by atoms with Crippen molar-refractivity contribution in [3.63, 3.8) is 0 Å². The molecule has 3 heteroatoms. The number of rotatable bonds is 8. The van der Waals surface area contributed by atoms with Gasteiger partial charge in [-0.1, -0.05) is 44.2 Å². The second-order valence-electron chi connectivity index (χ2n) is 5.29. The van der Waals surface area contributed by atoms with Gasteiger partial charge in [0.2, 0.25) is 0 Å². The fourth-order valence-corrected chi connectivity index (χ4v) is 3.57. The normalized spacial score (nSPS) is 12.8. The van der Waals surface area contributed by atoms with Crippen molar-refractivity contribution in [2.24, 2.45) is 0 Å². The Hall–Kier alpha value is -1.16. The van der Waals surface area contributed by atoms with Crippen molar-refractivity contribution in [3.8, 4) is 0 Å². The third kappa shape index (κ3) is 4.67. The maximum absolute atomic E-state index is 3.63. The first-order chi connectivity index (χ1) is 10.2. The molecule has 0 saturated carbocycles. The second-order valence-corrected chi connectivity index (χ2v) is 6.66. The van der Waals surface area contributed by atoms with Gasteiger partial charge in [-0.15, -0.1) is 11.3 Å². The molecule has 0 spiro atoms. The van der Waals surface area contributed by atoms with E-state index >= 15 is 0 Å². The number of nitrogens with zero attached hydrogens (tertiary/aromatic N) is 1. The molecule has 1 heterocycles. The van der Waals surface area contributed by atoms with Gasteiger partial charge in [0.05, 0.1) is 0 Å². The Morgan fingerprint density at radius 3 is 2.33 bits per heavy atom. The summed E-state index contributed by atoms with van der Waals surface area (Å²) in [6.45, 7) is 10.7. The van der Waals surface area contributed by atoms with Gasteiger partial charge in [-0.05, 0) is 37.7 Å². The Balaban J connectivity index is 1.99. The lowest BCUT2D eigenvalue weighted by Crippen LogP contribution is -2.35. The minimum absolute atomic E-state index is 0.447. The summed E-state index contributed by atoms with van der Waals surface area (Å²) in [5.74, 6) is 0. The van der Waals surface area contributed by atoms with E-state index in [1.807, 2.05) is 11.3 Å². The van der Waals surface area contributed by atoms with Crippen molar-refractivity contribution in [2.75, 3.05) is 19.6 Å². The second kappa shape index (κ2) is 8.32. The molecule has 0 fully saturated rings. The lowest BCUT2D eigenvalue weighted by Gasteiger charge is -2.30. The van der Waals surface area contributed by atoms with Gasteiger partial charge < -0.3 is 5.32 Å². The lowest BCUT2D eigenvalue weighted by atomic mass is 10.1. The summed E-state index contributed by atoms with van der Waals surface area (Å²) in [7, 11) is 0. The number of hydrogen-bond acceptors (Lipinski definition) is 3. The van der Waals surface area contributed by atoms with Crippen LogP contribution in [0.25, 0.3) is 0 Å². The van der Waals surface area contributed by atoms with Crippen LogP contribution in [0.4, 0.5) is 0 Å².